The number of amides is 1. The van der Waals surface area contributed by atoms with E-state index in [4.69, 9.17) is 4.74 Å². The first-order chi connectivity index (χ1) is 12.8. The molecule has 0 saturated heterocycles. The number of pyridine rings is 1. The van der Waals surface area contributed by atoms with Crippen molar-refractivity contribution >= 4 is 15.9 Å². The summed E-state index contributed by atoms with van der Waals surface area (Å²) in [5.41, 5.74) is 2.39. The Morgan fingerprint density at radius 3 is 2.70 bits per heavy atom. The highest BCUT2D eigenvalue weighted by molar-refractivity contribution is 7.89. The average molecular weight is 391 g/mol. The third kappa shape index (κ3) is 6.33. The molecule has 1 heterocycles. The standard InChI is InChI=1S/C19H25N3O4S/c1-4-26-19-12-16(7-9-20-19)13-21-18(23)8-10-22-27(24,25)17-11-14(2)5-6-15(17)3/h5-7,9,11-12,22H,4,8,10,13H2,1-3H3,(H,21,23). The number of aromatic nitrogens is 1. The molecule has 8 heteroatoms. The van der Waals surface area contributed by atoms with Gasteiger partial charge >= 0.3 is 0 Å². The molecule has 0 aliphatic carbocycles. The van der Waals surface area contributed by atoms with Gasteiger partial charge in [-0.3, -0.25) is 4.79 Å². The first-order valence-electron chi connectivity index (χ1n) is 8.73. The number of ether oxygens (including phenoxy) is 1. The maximum atomic E-state index is 12.4. The van der Waals surface area contributed by atoms with Gasteiger partial charge in [0.1, 0.15) is 0 Å². The van der Waals surface area contributed by atoms with Crippen LogP contribution in [0.3, 0.4) is 0 Å². The highest BCUT2D eigenvalue weighted by Crippen LogP contribution is 2.16. The third-order valence-electron chi connectivity index (χ3n) is 3.86. The van der Waals surface area contributed by atoms with Crippen molar-refractivity contribution in [1.29, 1.82) is 0 Å². The van der Waals surface area contributed by atoms with Gasteiger partial charge in [-0.15, -0.1) is 0 Å². The molecule has 2 aromatic rings. The zero-order chi connectivity index (χ0) is 19.9. The summed E-state index contributed by atoms with van der Waals surface area (Å²) in [6, 6.07) is 8.79. The van der Waals surface area contributed by atoms with Crippen molar-refractivity contribution in [2.75, 3.05) is 13.2 Å². The van der Waals surface area contributed by atoms with Gasteiger partial charge in [-0.2, -0.15) is 0 Å². The number of carbonyl (C=O) groups is 1. The molecule has 0 bridgehead atoms. The lowest BCUT2D eigenvalue weighted by Gasteiger charge is -2.10. The summed E-state index contributed by atoms with van der Waals surface area (Å²) < 4.78 is 32.6. The highest BCUT2D eigenvalue weighted by atomic mass is 32.2. The Balaban J connectivity index is 1.83. The molecule has 0 atom stereocenters. The molecule has 1 aromatic heterocycles. The minimum atomic E-state index is -3.64. The fourth-order valence-electron chi connectivity index (χ4n) is 2.45. The van der Waals surface area contributed by atoms with E-state index in [-0.39, 0.29) is 23.8 Å². The molecule has 0 aliphatic rings. The van der Waals surface area contributed by atoms with Crippen molar-refractivity contribution in [3.05, 3.63) is 53.2 Å². The molecule has 2 rings (SSSR count). The zero-order valence-electron chi connectivity index (χ0n) is 15.8. The second-order valence-corrected chi connectivity index (χ2v) is 7.86. The molecule has 0 fully saturated rings. The summed E-state index contributed by atoms with van der Waals surface area (Å²) in [5, 5.41) is 2.76. The van der Waals surface area contributed by atoms with Crippen LogP contribution in [0.25, 0.3) is 0 Å². The molecule has 0 spiro atoms. The van der Waals surface area contributed by atoms with Crippen molar-refractivity contribution < 1.29 is 17.9 Å². The second-order valence-electron chi connectivity index (χ2n) is 6.13. The van der Waals surface area contributed by atoms with Crippen LogP contribution in [0.5, 0.6) is 5.88 Å². The van der Waals surface area contributed by atoms with Crippen LogP contribution in [-0.2, 0) is 21.4 Å². The van der Waals surface area contributed by atoms with E-state index in [2.05, 4.69) is 15.0 Å². The molecule has 146 valence electrons. The van der Waals surface area contributed by atoms with Crippen LogP contribution in [0.15, 0.2) is 41.4 Å². The smallest absolute Gasteiger partial charge is 0.240 e. The Bertz CT molecular complexity index is 898. The van der Waals surface area contributed by atoms with Crippen LogP contribution >= 0.6 is 0 Å². The molecule has 0 radical (unpaired) electrons. The van der Waals surface area contributed by atoms with Gasteiger partial charge in [0, 0.05) is 31.8 Å². The Labute approximate surface area is 160 Å². The van der Waals surface area contributed by atoms with E-state index in [0.29, 0.717) is 24.6 Å². The molecule has 0 unspecified atom stereocenters. The van der Waals surface area contributed by atoms with Crippen LogP contribution in [0.1, 0.15) is 30.0 Å². The lowest BCUT2D eigenvalue weighted by Crippen LogP contribution is -2.31. The Morgan fingerprint density at radius 1 is 1.19 bits per heavy atom. The number of aryl methyl sites for hydroxylation is 2. The lowest BCUT2D eigenvalue weighted by atomic mass is 10.2. The van der Waals surface area contributed by atoms with E-state index in [1.54, 1.807) is 37.4 Å². The average Bonchev–Trinajstić information content (AvgIpc) is 2.62. The maximum Gasteiger partial charge on any atom is 0.240 e. The van der Waals surface area contributed by atoms with Crippen LogP contribution in [0.2, 0.25) is 0 Å². The molecule has 1 aromatic carbocycles. The van der Waals surface area contributed by atoms with Crippen molar-refractivity contribution in [3.8, 4) is 5.88 Å². The summed E-state index contributed by atoms with van der Waals surface area (Å²) in [7, 11) is -3.64. The Morgan fingerprint density at radius 2 is 1.96 bits per heavy atom. The number of benzene rings is 1. The van der Waals surface area contributed by atoms with Gasteiger partial charge in [-0.1, -0.05) is 12.1 Å². The lowest BCUT2D eigenvalue weighted by molar-refractivity contribution is -0.121. The van der Waals surface area contributed by atoms with Gasteiger partial charge in [-0.25, -0.2) is 18.1 Å². The van der Waals surface area contributed by atoms with Gasteiger partial charge in [0.2, 0.25) is 21.8 Å². The molecule has 2 N–H and O–H groups in total. The summed E-state index contributed by atoms with van der Waals surface area (Å²) in [6.07, 6.45) is 1.66. The van der Waals surface area contributed by atoms with E-state index >= 15 is 0 Å². The van der Waals surface area contributed by atoms with E-state index < -0.39 is 10.0 Å². The predicted octanol–water partition coefficient (Wildman–Crippen LogP) is 2.08. The van der Waals surface area contributed by atoms with Gasteiger partial charge in [0.05, 0.1) is 11.5 Å². The number of hydrogen-bond donors (Lipinski definition) is 2. The van der Waals surface area contributed by atoms with Crippen molar-refractivity contribution in [1.82, 2.24) is 15.0 Å². The molecule has 0 aliphatic heterocycles. The third-order valence-corrected chi connectivity index (χ3v) is 5.46. The minimum Gasteiger partial charge on any atom is -0.478 e. The highest BCUT2D eigenvalue weighted by Gasteiger charge is 2.17. The van der Waals surface area contributed by atoms with Gasteiger partial charge in [-0.05, 0) is 49.6 Å². The fourth-order valence-corrected chi connectivity index (χ4v) is 3.81. The molecular formula is C19H25N3O4S. The molecule has 0 saturated carbocycles. The molecule has 27 heavy (non-hydrogen) atoms. The summed E-state index contributed by atoms with van der Waals surface area (Å²) in [4.78, 5) is 16.3. The normalized spacial score (nSPS) is 11.2. The quantitative estimate of drug-likeness (QED) is 0.682. The number of rotatable bonds is 9. The summed E-state index contributed by atoms with van der Waals surface area (Å²) >= 11 is 0. The number of nitrogens with one attached hydrogen (secondary N) is 2. The van der Waals surface area contributed by atoms with Crippen LogP contribution in [-0.4, -0.2) is 32.5 Å². The van der Waals surface area contributed by atoms with E-state index in [9.17, 15) is 13.2 Å². The second kappa shape index (κ2) is 9.48. The Hall–Kier alpha value is -2.45. The first kappa shape index (κ1) is 20.9. The Kier molecular flexibility index (Phi) is 7.32. The zero-order valence-corrected chi connectivity index (χ0v) is 16.6. The van der Waals surface area contributed by atoms with E-state index in [1.807, 2.05) is 19.9 Å². The van der Waals surface area contributed by atoms with E-state index in [1.165, 1.54) is 0 Å². The number of nitrogens with zero attached hydrogens (tertiary/aromatic N) is 1. The number of sulfonamides is 1. The summed E-state index contributed by atoms with van der Waals surface area (Å²) in [6.45, 7) is 6.32. The fraction of sp³-hybridized carbons (Fsp3) is 0.368. The SMILES string of the molecule is CCOc1cc(CNC(=O)CCNS(=O)(=O)c2cc(C)ccc2C)ccn1. The topological polar surface area (TPSA) is 97.4 Å². The van der Waals surface area contributed by atoms with Crippen LogP contribution in [0, 0.1) is 13.8 Å². The first-order valence-corrected chi connectivity index (χ1v) is 10.2. The number of hydrogen-bond acceptors (Lipinski definition) is 5. The number of carbonyl (C=O) groups excluding carboxylic acids is 1. The summed E-state index contributed by atoms with van der Waals surface area (Å²) in [5.74, 6) is 0.263. The largest absolute Gasteiger partial charge is 0.478 e. The van der Waals surface area contributed by atoms with Gasteiger partial charge in [0.25, 0.3) is 0 Å². The van der Waals surface area contributed by atoms with Crippen LogP contribution in [0.4, 0.5) is 0 Å². The van der Waals surface area contributed by atoms with Crippen molar-refractivity contribution in [2.45, 2.75) is 38.6 Å². The molecule has 7 nitrogen and oxygen atoms in total. The predicted molar refractivity (Wildman–Crippen MR) is 103 cm³/mol. The molecular weight excluding hydrogens is 366 g/mol. The van der Waals surface area contributed by atoms with Crippen molar-refractivity contribution in [2.24, 2.45) is 0 Å². The molecule has 1 amide bonds. The van der Waals surface area contributed by atoms with Crippen molar-refractivity contribution in [3.63, 3.8) is 0 Å². The van der Waals surface area contributed by atoms with Gasteiger partial charge < -0.3 is 10.1 Å². The van der Waals surface area contributed by atoms with Gasteiger partial charge in [0.15, 0.2) is 0 Å². The monoisotopic (exact) mass is 391 g/mol. The van der Waals surface area contributed by atoms with E-state index in [0.717, 1.165) is 11.1 Å². The maximum absolute atomic E-state index is 12.4. The minimum absolute atomic E-state index is 0.0299. The van der Waals surface area contributed by atoms with Crippen LogP contribution < -0.4 is 14.8 Å².